The summed E-state index contributed by atoms with van der Waals surface area (Å²) in [5, 5.41) is 4.56. The Kier molecular flexibility index (Phi) is 7.48. The van der Waals surface area contributed by atoms with Crippen molar-refractivity contribution in [2.75, 3.05) is 17.2 Å². The molecule has 0 bridgehead atoms. The zero-order valence-corrected chi connectivity index (χ0v) is 17.4. The number of thioether (sulfide) groups is 1. The summed E-state index contributed by atoms with van der Waals surface area (Å²) in [6.45, 7) is 2.39. The Labute approximate surface area is 177 Å². The van der Waals surface area contributed by atoms with Gasteiger partial charge in [0.05, 0.1) is 18.1 Å². The molecule has 2 heterocycles. The van der Waals surface area contributed by atoms with Gasteiger partial charge in [0.1, 0.15) is 5.69 Å². The summed E-state index contributed by atoms with van der Waals surface area (Å²) in [7, 11) is 0. The molecule has 0 saturated carbocycles. The number of halogens is 2. The second kappa shape index (κ2) is 10.3. The summed E-state index contributed by atoms with van der Waals surface area (Å²) >= 11 is 7.92. The molecule has 3 rings (SSSR count). The highest BCUT2D eigenvalue weighted by Gasteiger charge is 2.20. The van der Waals surface area contributed by atoms with Crippen molar-refractivity contribution in [3.05, 3.63) is 65.7 Å². The van der Waals surface area contributed by atoms with Gasteiger partial charge >= 0.3 is 0 Å². The third kappa shape index (κ3) is 5.48. The lowest BCUT2D eigenvalue weighted by Crippen LogP contribution is -2.30. The molecule has 1 amide bonds. The highest BCUT2D eigenvalue weighted by Crippen LogP contribution is 2.27. The quantitative estimate of drug-likeness (QED) is 0.450. The minimum absolute atomic E-state index is 0.0196. The Morgan fingerprint density at radius 2 is 2.10 bits per heavy atom. The predicted molar refractivity (Wildman–Crippen MR) is 113 cm³/mol. The van der Waals surface area contributed by atoms with Crippen molar-refractivity contribution in [1.82, 2.24) is 14.8 Å². The standard InChI is InChI=1S/C20H20ClFN4O2S/c1-2-25(18-13-26(24-20(18)21)16-4-3-10-23-12-16)19(27)9-11-29-14-15-5-7-17(28-22)8-6-15/h3-8,10,12-13H,2,9,11,14H2,1H3. The predicted octanol–water partition coefficient (Wildman–Crippen LogP) is 4.86. The topological polar surface area (TPSA) is 60.2 Å². The number of hydrogen-bond acceptors (Lipinski definition) is 5. The molecule has 0 saturated heterocycles. The molecule has 3 aromatic rings. The summed E-state index contributed by atoms with van der Waals surface area (Å²) in [5.74, 6) is 1.54. The lowest BCUT2D eigenvalue weighted by atomic mass is 10.2. The molecular weight excluding hydrogens is 415 g/mol. The third-order valence-electron chi connectivity index (χ3n) is 4.21. The van der Waals surface area contributed by atoms with Crippen molar-refractivity contribution in [3.8, 4) is 11.4 Å². The Morgan fingerprint density at radius 3 is 2.76 bits per heavy atom. The van der Waals surface area contributed by atoms with Crippen molar-refractivity contribution < 1.29 is 14.3 Å². The summed E-state index contributed by atoms with van der Waals surface area (Å²) in [6.07, 6.45) is 5.47. The van der Waals surface area contributed by atoms with Gasteiger partial charge in [-0.3, -0.25) is 14.7 Å². The van der Waals surface area contributed by atoms with Crippen molar-refractivity contribution in [3.63, 3.8) is 0 Å². The number of carbonyl (C=O) groups is 1. The van der Waals surface area contributed by atoms with Crippen LogP contribution in [0.25, 0.3) is 5.69 Å². The molecule has 0 N–H and O–H groups in total. The maximum absolute atomic E-state index is 12.7. The molecule has 0 unspecified atom stereocenters. The maximum atomic E-state index is 12.7. The monoisotopic (exact) mass is 434 g/mol. The molecule has 0 aliphatic heterocycles. The Morgan fingerprint density at radius 1 is 1.31 bits per heavy atom. The molecule has 0 atom stereocenters. The van der Waals surface area contributed by atoms with E-state index in [9.17, 15) is 9.32 Å². The van der Waals surface area contributed by atoms with Gasteiger partial charge in [0.25, 0.3) is 0 Å². The van der Waals surface area contributed by atoms with Gasteiger partial charge in [-0.1, -0.05) is 23.7 Å². The van der Waals surface area contributed by atoms with E-state index in [-0.39, 0.29) is 16.8 Å². The van der Waals surface area contributed by atoms with Crippen LogP contribution in [0.15, 0.2) is 55.0 Å². The number of amides is 1. The molecule has 0 spiro atoms. The second-order valence-electron chi connectivity index (χ2n) is 6.12. The molecule has 0 aliphatic carbocycles. The molecule has 0 fully saturated rings. The number of benzene rings is 1. The number of aromatic nitrogens is 3. The SMILES string of the molecule is CCN(C(=O)CCSCc1ccc(OF)cc1)c1cn(-c2cccnc2)nc1Cl. The Hall–Kier alpha value is -2.58. The summed E-state index contributed by atoms with van der Waals surface area (Å²) in [5.41, 5.74) is 2.38. The van der Waals surface area contributed by atoms with E-state index in [0.29, 0.717) is 24.4 Å². The smallest absolute Gasteiger partial charge is 0.227 e. The van der Waals surface area contributed by atoms with Crippen LogP contribution < -0.4 is 9.84 Å². The largest absolute Gasteiger partial charge is 0.308 e. The number of nitrogens with zero attached hydrogens (tertiary/aromatic N) is 4. The fourth-order valence-corrected chi connectivity index (χ4v) is 3.87. The molecule has 0 radical (unpaired) electrons. The fourth-order valence-electron chi connectivity index (χ4n) is 2.75. The van der Waals surface area contributed by atoms with Crippen LogP contribution in [-0.4, -0.2) is 33.0 Å². The first-order chi connectivity index (χ1) is 14.1. The van der Waals surface area contributed by atoms with E-state index < -0.39 is 0 Å². The molecule has 152 valence electrons. The third-order valence-corrected chi connectivity index (χ3v) is 5.51. The van der Waals surface area contributed by atoms with E-state index in [4.69, 9.17) is 11.6 Å². The zero-order chi connectivity index (χ0) is 20.6. The maximum Gasteiger partial charge on any atom is 0.227 e. The minimum atomic E-state index is -0.0196. The van der Waals surface area contributed by atoms with Gasteiger partial charge in [0, 0.05) is 35.2 Å². The zero-order valence-electron chi connectivity index (χ0n) is 15.8. The van der Waals surface area contributed by atoms with Crippen molar-refractivity contribution >= 4 is 35.0 Å². The van der Waals surface area contributed by atoms with Crippen LogP contribution in [0, 0.1) is 0 Å². The number of rotatable bonds is 9. The van der Waals surface area contributed by atoms with Crippen LogP contribution in [-0.2, 0) is 10.5 Å². The van der Waals surface area contributed by atoms with Crippen LogP contribution in [0.4, 0.5) is 10.2 Å². The highest BCUT2D eigenvalue weighted by atomic mass is 35.5. The first-order valence-electron chi connectivity index (χ1n) is 9.03. The number of carbonyl (C=O) groups excluding carboxylic acids is 1. The van der Waals surface area contributed by atoms with Crippen LogP contribution >= 0.6 is 23.4 Å². The molecule has 0 aliphatic rings. The molecular formula is C20H20ClFN4O2S. The van der Waals surface area contributed by atoms with E-state index in [1.807, 2.05) is 19.1 Å². The summed E-state index contributed by atoms with van der Waals surface area (Å²) in [6, 6.07) is 10.4. The van der Waals surface area contributed by atoms with Gasteiger partial charge in [-0.2, -0.15) is 16.9 Å². The highest BCUT2D eigenvalue weighted by molar-refractivity contribution is 7.98. The number of pyridine rings is 1. The molecule has 6 nitrogen and oxygen atoms in total. The Bertz CT molecular complexity index is 937. The van der Waals surface area contributed by atoms with Crippen molar-refractivity contribution in [2.45, 2.75) is 19.1 Å². The normalized spacial score (nSPS) is 10.7. The lowest BCUT2D eigenvalue weighted by molar-refractivity contribution is -0.118. The van der Waals surface area contributed by atoms with Gasteiger partial charge in [-0.25, -0.2) is 4.68 Å². The summed E-state index contributed by atoms with van der Waals surface area (Å²) in [4.78, 5) is 22.1. The minimum Gasteiger partial charge on any atom is -0.308 e. The first-order valence-corrected chi connectivity index (χ1v) is 10.6. The van der Waals surface area contributed by atoms with Crippen LogP contribution in [0.1, 0.15) is 18.9 Å². The van der Waals surface area contributed by atoms with E-state index in [1.54, 1.807) is 64.2 Å². The Balaban J connectivity index is 1.57. The van der Waals surface area contributed by atoms with E-state index in [2.05, 4.69) is 15.0 Å². The van der Waals surface area contributed by atoms with Gasteiger partial charge < -0.3 is 4.90 Å². The molecule has 9 heteroatoms. The van der Waals surface area contributed by atoms with E-state index in [0.717, 1.165) is 17.0 Å². The first kappa shape index (κ1) is 21.1. The van der Waals surface area contributed by atoms with Crippen molar-refractivity contribution in [2.24, 2.45) is 0 Å². The molecule has 2 aromatic heterocycles. The van der Waals surface area contributed by atoms with E-state index >= 15 is 0 Å². The van der Waals surface area contributed by atoms with Gasteiger partial charge in [0.2, 0.25) is 5.91 Å². The van der Waals surface area contributed by atoms with Crippen LogP contribution in [0.5, 0.6) is 5.75 Å². The van der Waals surface area contributed by atoms with E-state index in [1.165, 1.54) is 0 Å². The average molecular weight is 435 g/mol. The van der Waals surface area contributed by atoms with Gasteiger partial charge in [0.15, 0.2) is 10.9 Å². The van der Waals surface area contributed by atoms with Crippen molar-refractivity contribution in [1.29, 1.82) is 0 Å². The molecule has 1 aromatic carbocycles. The summed E-state index contributed by atoms with van der Waals surface area (Å²) < 4.78 is 13.7. The van der Waals surface area contributed by atoms with Crippen LogP contribution in [0.3, 0.4) is 0 Å². The number of hydrogen-bond donors (Lipinski definition) is 0. The lowest BCUT2D eigenvalue weighted by Gasteiger charge is -2.19. The second-order valence-corrected chi connectivity index (χ2v) is 7.59. The average Bonchev–Trinajstić information content (AvgIpc) is 3.14. The van der Waals surface area contributed by atoms with Crippen LogP contribution in [0.2, 0.25) is 5.15 Å². The number of anilines is 1. The molecule has 29 heavy (non-hydrogen) atoms. The van der Waals surface area contributed by atoms with Gasteiger partial charge in [-0.05, 0) is 36.8 Å². The fraction of sp³-hybridized carbons (Fsp3) is 0.250. The van der Waals surface area contributed by atoms with Gasteiger partial charge in [-0.15, -0.1) is 0 Å².